The number of nitrogens with one attached hydrogen (secondary N) is 1. The summed E-state index contributed by atoms with van der Waals surface area (Å²) in [5.74, 6) is -0.337. The highest BCUT2D eigenvalue weighted by atomic mass is 16.5. The zero-order valence-corrected chi connectivity index (χ0v) is 10.5. The van der Waals surface area contributed by atoms with Gasteiger partial charge in [0.1, 0.15) is 5.76 Å². The summed E-state index contributed by atoms with van der Waals surface area (Å²) in [5.41, 5.74) is 0.722. The summed E-state index contributed by atoms with van der Waals surface area (Å²) in [4.78, 5) is 22.8. The number of hydrogen-bond donors (Lipinski definition) is 2. The number of amides is 1. The monoisotopic (exact) mass is 272 g/mol. The summed E-state index contributed by atoms with van der Waals surface area (Å²) in [7, 11) is 0. The Hall–Kier alpha value is -2.63. The normalized spacial score (nSPS) is 14.0. The smallest absolute Gasteiger partial charge is 0.335 e. The number of aromatic carboxylic acids is 1. The highest BCUT2D eigenvalue weighted by Gasteiger charge is 2.28. The molecule has 0 radical (unpaired) electrons. The third-order valence-corrected chi connectivity index (χ3v) is 3.11. The molecular formula is C14H12N2O4. The Labute approximate surface area is 114 Å². The van der Waals surface area contributed by atoms with Gasteiger partial charge in [0.15, 0.2) is 5.69 Å². The zero-order chi connectivity index (χ0) is 14.1. The molecule has 2 aromatic rings. The first kappa shape index (κ1) is 12.4. The van der Waals surface area contributed by atoms with Crippen LogP contribution in [0.3, 0.4) is 0 Å². The summed E-state index contributed by atoms with van der Waals surface area (Å²) in [5, 5.41) is 15.2. The first-order chi connectivity index (χ1) is 9.63. The quantitative estimate of drug-likeness (QED) is 0.892. The van der Waals surface area contributed by atoms with E-state index in [2.05, 4.69) is 10.5 Å². The second-order valence-electron chi connectivity index (χ2n) is 4.73. The molecule has 1 aromatic carbocycles. The summed E-state index contributed by atoms with van der Waals surface area (Å²) in [6.45, 7) is 0. The average Bonchev–Trinajstić information content (AvgIpc) is 3.16. The predicted molar refractivity (Wildman–Crippen MR) is 69.8 cm³/mol. The minimum atomic E-state index is -1.04. The molecule has 0 bridgehead atoms. The van der Waals surface area contributed by atoms with Crippen molar-refractivity contribution in [3.63, 3.8) is 0 Å². The van der Waals surface area contributed by atoms with E-state index in [1.54, 1.807) is 18.2 Å². The number of hydrogen-bond acceptors (Lipinski definition) is 4. The fourth-order valence-electron chi connectivity index (χ4n) is 1.88. The molecule has 0 aliphatic heterocycles. The van der Waals surface area contributed by atoms with Crippen molar-refractivity contribution >= 4 is 17.6 Å². The molecule has 1 aliphatic carbocycles. The SMILES string of the molecule is O=C(O)c1cccc(NC(=O)c2cc(C3CC3)on2)c1. The van der Waals surface area contributed by atoms with Crippen molar-refractivity contribution in [2.24, 2.45) is 0 Å². The van der Waals surface area contributed by atoms with Crippen LogP contribution >= 0.6 is 0 Å². The molecule has 0 spiro atoms. The minimum Gasteiger partial charge on any atom is -0.478 e. The molecule has 20 heavy (non-hydrogen) atoms. The van der Waals surface area contributed by atoms with E-state index in [1.165, 1.54) is 12.1 Å². The summed E-state index contributed by atoms with van der Waals surface area (Å²) < 4.78 is 5.10. The number of benzene rings is 1. The summed E-state index contributed by atoms with van der Waals surface area (Å²) in [6, 6.07) is 7.67. The first-order valence-electron chi connectivity index (χ1n) is 6.25. The second kappa shape index (κ2) is 4.80. The number of carbonyl (C=O) groups is 2. The van der Waals surface area contributed by atoms with E-state index in [0.717, 1.165) is 18.6 Å². The zero-order valence-electron chi connectivity index (χ0n) is 10.5. The van der Waals surface area contributed by atoms with E-state index >= 15 is 0 Å². The van der Waals surface area contributed by atoms with Crippen LogP contribution in [0.15, 0.2) is 34.9 Å². The van der Waals surface area contributed by atoms with Gasteiger partial charge in [0.2, 0.25) is 0 Å². The van der Waals surface area contributed by atoms with E-state index in [9.17, 15) is 9.59 Å². The number of carboxylic acid groups (broad SMARTS) is 1. The van der Waals surface area contributed by atoms with Gasteiger partial charge in [0.05, 0.1) is 5.56 Å². The topological polar surface area (TPSA) is 92.4 Å². The lowest BCUT2D eigenvalue weighted by atomic mass is 10.2. The predicted octanol–water partition coefficient (Wildman–Crippen LogP) is 2.50. The molecule has 6 nitrogen and oxygen atoms in total. The van der Waals surface area contributed by atoms with Crippen molar-refractivity contribution in [3.8, 4) is 0 Å². The molecular weight excluding hydrogens is 260 g/mol. The Morgan fingerprint density at radius 1 is 1.30 bits per heavy atom. The Morgan fingerprint density at radius 3 is 2.80 bits per heavy atom. The Balaban J connectivity index is 1.74. The molecule has 102 valence electrons. The number of carbonyl (C=O) groups excluding carboxylic acids is 1. The first-order valence-corrected chi connectivity index (χ1v) is 6.25. The molecule has 1 saturated carbocycles. The number of anilines is 1. The van der Waals surface area contributed by atoms with Crippen LogP contribution in [0.4, 0.5) is 5.69 Å². The van der Waals surface area contributed by atoms with Gasteiger partial charge in [-0.05, 0) is 31.0 Å². The molecule has 3 rings (SSSR count). The van der Waals surface area contributed by atoms with Crippen LogP contribution < -0.4 is 5.32 Å². The van der Waals surface area contributed by atoms with Crippen LogP contribution in [0, 0.1) is 0 Å². The largest absolute Gasteiger partial charge is 0.478 e. The van der Waals surface area contributed by atoms with Gasteiger partial charge >= 0.3 is 5.97 Å². The average molecular weight is 272 g/mol. The Kier molecular flexibility index (Phi) is 2.98. The van der Waals surface area contributed by atoms with Crippen LogP contribution in [0.25, 0.3) is 0 Å². The molecule has 1 amide bonds. The van der Waals surface area contributed by atoms with E-state index in [4.69, 9.17) is 9.63 Å². The van der Waals surface area contributed by atoms with Crippen molar-refractivity contribution in [1.29, 1.82) is 0 Å². The standard InChI is InChI=1S/C14H12N2O4/c17-13(11-7-12(20-16-11)8-4-5-8)15-10-3-1-2-9(6-10)14(18)19/h1-3,6-8H,4-5H2,(H,15,17)(H,18,19). The van der Waals surface area contributed by atoms with Gasteiger partial charge in [-0.25, -0.2) is 4.79 Å². The highest BCUT2D eigenvalue weighted by molar-refractivity contribution is 6.03. The fraction of sp³-hybridized carbons (Fsp3) is 0.214. The van der Waals surface area contributed by atoms with E-state index in [0.29, 0.717) is 11.6 Å². The van der Waals surface area contributed by atoms with Gasteiger partial charge in [-0.3, -0.25) is 4.79 Å². The Morgan fingerprint density at radius 2 is 2.10 bits per heavy atom. The molecule has 0 atom stereocenters. The lowest BCUT2D eigenvalue weighted by molar-refractivity contribution is 0.0696. The summed E-state index contributed by atoms with van der Waals surface area (Å²) >= 11 is 0. The fourth-order valence-corrected chi connectivity index (χ4v) is 1.88. The number of aromatic nitrogens is 1. The molecule has 2 N–H and O–H groups in total. The van der Waals surface area contributed by atoms with Gasteiger partial charge in [0, 0.05) is 17.7 Å². The van der Waals surface area contributed by atoms with E-state index in [1.807, 2.05) is 0 Å². The minimum absolute atomic E-state index is 0.113. The maximum absolute atomic E-state index is 12.0. The van der Waals surface area contributed by atoms with Crippen molar-refractivity contribution in [3.05, 3.63) is 47.3 Å². The van der Waals surface area contributed by atoms with Gasteiger partial charge in [0.25, 0.3) is 5.91 Å². The Bertz CT molecular complexity index is 673. The molecule has 0 unspecified atom stereocenters. The van der Waals surface area contributed by atoms with Crippen molar-refractivity contribution in [2.75, 3.05) is 5.32 Å². The molecule has 0 saturated heterocycles. The van der Waals surface area contributed by atoms with Crippen molar-refractivity contribution in [2.45, 2.75) is 18.8 Å². The van der Waals surface area contributed by atoms with Gasteiger partial charge in [-0.15, -0.1) is 0 Å². The van der Waals surface area contributed by atoms with Gasteiger partial charge in [-0.2, -0.15) is 0 Å². The van der Waals surface area contributed by atoms with Crippen molar-refractivity contribution in [1.82, 2.24) is 5.16 Å². The molecule has 1 heterocycles. The van der Waals surface area contributed by atoms with E-state index in [-0.39, 0.29) is 11.3 Å². The number of rotatable bonds is 4. The third-order valence-electron chi connectivity index (χ3n) is 3.11. The van der Waals surface area contributed by atoms with Crippen LogP contribution in [0.1, 0.15) is 45.4 Å². The third kappa shape index (κ3) is 2.54. The van der Waals surface area contributed by atoms with Crippen LogP contribution in [-0.2, 0) is 0 Å². The van der Waals surface area contributed by atoms with Crippen molar-refractivity contribution < 1.29 is 19.2 Å². The number of nitrogens with zero attached hydrogens (tertiary/aromatic N) is 1. The maximum Gasteiger partial charge on any atom is 0.335 e. The molecule has 1 aliphatic rings. The van der Waals surface area contributed by atoms with Crippen LogP contribution in [0.5, 0.6) is 0 Å². The maximum atomic E-state index is 12.0. The molecule has 6 heteroatoms. The van der Waals surface area contributed by atoms with Gasteiger partial charge in [-0.1, -0.05) is 11.2 Å². The van der Waals surface area contributed by atoms with Crippen LogP contribution in [-0.4, -0.2) is 22.1 Å². The van der Waals surface area contributed by atoms with Crippen LogP contribution in [0.2, 0.25) is 0 Å². The van der Waals surface area contributed by atoms with E-state index < -0.39 is 11.9 Å². The second-order valence-corrected chi connectivity index (χ2v) is 4.73. The summed E-state index contributed by atoms with van der Waals surface area (Å²) in [6.07, 6.45) is 2.13. The molecule has 1 aromatic heterocycles. The lowest BCUT2D eigenvalue weighted by Gasteiger charge is -2.03. The molecule has 1 fully saturated rings. The number of carboxylic acids is 1. The highest BCUT2D eigenvalue weighted by Crippen LogP contribution is 2.40. The van der Waals surface area contributed by atoms with Gasteiger partial charge < -0.3 is 14.9 Å². The lowest BCUT2D eigenvalue weighted by Crippen LogP contribution is -2.12.